The van der Waals surface area contributed by atoms with Crippen molar-refractivity contribution in [1.29, 1.82) is 0 Å². The summed E-state index contributed by atoms with van der Waals surface area (Å²) in [7, 11) is 0. The summed E-state index contributed by atoms with van der Waals surface area (Å²) in [4.78, 5) is 22.2. The SMILES string of the molecule is C/C=C\C=C(/C)CNC1CCC(Nc2ncc3cc4n(c3n2)C2(CCCCC2)CNC4=O)CC1. The number of fused-ring (bicyclic) bond motifs is 4. The van der Waals surface area contributed by atoms with Crippen molar-refractivity contribution in [3.63, 3.8) is 0 Å². The quantitative estimate of drug-likeness (QED) is 0.544. The zero-order chi connectivity index (χ0) is 23.5. The van der Waals surface area contributed by atoms with Crippen molar-refractivity contribution >= 4 is 22.9 Å². The van der Waals surface area contributed by atoms with Gasteiger partial charge in [-0.15, -0.1) is 0 Å². The predicted octanol–water partition coefficient (Wildman–Crippen LogP) is 4.67. The molecule has 34 heavy (non-hydrogen) atoms. The number of allylic oxidation sites excluding steroid dienone is 3. The molecule has 1 amide bonds. The lowest BCUT2D eigenvalue weighted by atomic mass is 9.80. The van der Waals surface area contributed by atoms with E-state index in [0.717, 1.165) is 61.8 Å². The van der Waals surface area contributed by atoms with Gasteiger partial charge in [-0.1, -0.05) is 43.1 Å². The third-order valence-corrected chi connectivity index (χ3v) is 7.91. The van der Waals surface area contributed by atoms with Crippen molar-refractivity contribution in [2.24, 2.45) is 0 Å². The molecule has 2 aromatic rings. The zero-order valence-electron chi connectivity index (χ0n) is 20.6. The topological polar surface area (TPSA) is 83.9 Å². The number of nitrogens with zero attached hydrogens (tertiary/aromatic N) is 3. The smallest absolute Gasteiger partial charge is 0.268 e. The van der Waals surface area contributed by atoms with E-state index in [1.54, 1.807) is 0 Å². The molecule has 2 aromatic heterocycles. The highest BCUT2D eigenvalue weighted by Crippen LogP contribution is 2.40. The average molecular weight is 463 g/mol. The van der Waals surface area contributed by atoms with E-state index < -0.39 is 0 Å². The summed E-state index contributed by atoms with van der Waals surface area (Å²) in [6.07, 6.45) is 18.6. The van der Waals surface area contributed by atoms with E-state index in [-0.39, 0.29) is 11.4 Å². The number of hydrogen-bond donors (Lipinski definition) is 3. The van der Waals surface area contributed by atoms with E-state index in [2.05, 4.69) is 50.7 Å². The standard InChI is InChI=1S/C27H38N6O/c1-3-4-8-19(2)16-28-21-9-11-22(12-10-21)31-26-29-17-20-15-23-25(34)30-18-27(13-6-5-7-14-27)33(23)24(20)32-26/h3-4,8,15,17,21-22,28H,5-7,9-14,16,18H2,1-2H3,(H,30,34)(H,29,31,32)/b4-3-,19-8+. The molecule has 0 radical (unpaired) electrons. The molecule has 182 valence electrons. The third-order valence-electron chi connectivity index (χ3n) is 7.91. The van der Waals surface area contributed by atoms with Crippen LogP contribution in [0.4, 0.5) is 5.95 Å². The Bertz CT molecular complexity index is 1090. The largest absolute Gasteiger partial charge is 0.351 e. The number of amides is 1. The van der Waals surface area contributed by atoms with Gasteiger partial charge in [0.1, 0.15) is 11.3 Å². The fourth-order valence-corrected chi connectivity index (χ4v) is 5.98. The van der Waals surface area contributed by atoms with E-state index in [4.69, 9.17) is 4.98 Å². The molecule has 0 unspecified atom stereocenters. The summed E-state index contributed by atoms with van der Waals surface area (Å²) in [6, 6.07) is 2.92. The maximum atomic E-state index is 12.7. The maximum absolute atomic E-state index is 12.7. The average Bonchev–Trinajstić information content (AvgIpc) is 3.26. The second-order valence-electron chi connectivity index (χ2n) is 10.4. The fourth-order valence-electron chi connectivity index (χ4n) is 5.98. The number of hydrogen-bond acceptors (Lipinski definition) is 5. The Hall–Kier alpha value is -2.67. The van der Waals surface area contributed by atoms with E-state index >= 15 is 0 Å². The first-order chi connectivity index (χ1) is 16.6. The lowest BCUT2D eigenvalue weighted by molar-refractivity contribution is 0.0833. The molecule has 1 aliphatic heterocycles. The van der Waals surface area contributed by atoms with Crippen LogP contribution in [-0.4, -0.2) is 45.6 Å². The summed E-state index contributed by atoms with van der Waals surface area (Å²) in [5.74, 6) is 0.692. The second kappa shape index (κ2) is 9.90. The number of rotatable bonds is 6. The Labute approximate surface area is 202 Å². The number of anilines is 1. The Balaban J connectivity index is 1.27. The molecule has 2 saturated carbocycles. The summed E-state index contributed by atoms with van der Waals surface area (Å²) in [5.41, 5.74) is 2.96. The van der Waals surface area contributed by atoms with E-state index in [0.29, 0.717) is 24.6 Å². The predicted molar refractivity (Wildman–Crippen MR) is 137 cm³/mol. The lowest BCUT2D eigenvalue weighted by Gasteiger charge is -2.42. The molecule has 3 aliphatic rings. The normalized spacial score (nSPS) is 25.0. The molecule has 0 bridgehead atoms. The number of aromatic nitrogens is 3. The highest BCUT2D eigenvalue weighted by molar-refractivity contribution is 5.99. The highest BCUT2D eigenvalue weighted by atomic mass is 16.2. The van der Waals surface area contributed by atoms with Gasteiger partial charge in [-0.25, -0.2) is 4.98 Å². The van der Waals surface area contributed by atoms with Crippen molar-refractivity contribution in [2.75, 3.05) is 18.4 Å². The first kappa shape index (κ1) is 23.1. The summed E-state index contributed by atoms with van der Waals surface area (Å²) in [5, 5.41) is 11.4. The Morgan fingerprint density at radius 3 is 2.74 bits per heavy atom. The summed E-state index contributed by atoms with van der Waals surface area (Å²) < 4.78 is 2.25. The minimum absolute atomic E-state index is 0.00493. The second-order valence-corrected chi connectivity index (χ2v) is 10.4. The maximum Gasteiger partial charge on any atom is 0.268 e. The van der Waals surface area contributed by atoms with Gasteiger partial charge in [0.2, 0.25) is 5.95 Å². The third kappa shape index (κ3) is 4.63. The van der Waals surface area contributed by atoms with Crippen LogP contribution in [0.3, 0.4) is 0 Å². The van der Waals surface area contributed by atoms with Crippen molar-refractivity contribution in [3.05, 3.63) is 41.8 Å². The van der Waals surface area contributed by atoms with Crippen LogP contribution < -0.4 is 16.0 Å². The molecule has 2 fully saturated rings. The van der Waals surface area contributed by atoms with Crippen LogP contribution in [0.25, 0.3) is 11.0 Å². The van der Waals surface area contributed by atoms with Crippen molar-refractivity contribution in [3.8, 4) is 0 Å². The fraction of sp³-hybridized carbons (Fsp3) is 0.593. The zero-order valence-corrected chi connectivity index (χ0v) is 20.6. The van der Waals surface area contributed by atoms with Crippen LogP contribution in [-0.2, 0) is 5.54 Å². The van der Waals surface area contributed by atoms with Gasteiger partial charge in [-0.05, 0) is 58.4 Å². The molecule has 5 rings (SSSR count). The number of carbonyl (C=O) groups excluding carboxylic acids is 1. The molecule has 0 saturated heterocycles. The molecule has 3 N–H and O–H groups in total. The first-order valence-corrected chi connectivity index (χ1v) is 13.0. The van der Waals surface area contributed by atoms with Crippen LogP contribution in [0.2, 0.25) is 0 Å². The molecule has 3 heterocycles. The van der Waals surface area contributed by atoms with Crippen LogP contribution in [0.1, 0.15) is 82.1 Å². The molecule has 7 heteroatoms. The molecular formula is C27H38N6O. The van der Waals surface area contributed by atoms with Gasteiger partial charge >= 0.3 is 0 Å². The summed E-state index contributed by atoms with van der Waals surface area (Å²) in [6.45, 7) is 5.87. The monoisotopic (exact) mass is 462 g/mol. The van der Waals surface area contributed by atoms with Gasteiger partial charge in [-0.2, -0.15) is 4.98 Å². The van der Waals surface area contributed by atoms with Gasteiger partial charge in [-0.3, -0.25) is 4.79 Å². The van der Waals surface area contributed by atoms with E-state index in [9.17, 15) is 4.79 Å². The van der Waals surface area contributed by atoms with Crippen LogP contribution in [0.15, 0.2) is 36.1 Å². The summed E-state index contributed by atoms with van der Waals surface area (Å²) >= 11 is 0. The van der Waals surface area contributed by atoms with Gasteiger partial charge in [0.05, 0.1) is 5.54 Å². The first-order valence-electron chi connectivity index (χ1n) is 13.0. The molecular weight excluding hydrogens is 424 g/mol. The van der Waals surface area contributed by atoms with Gasteiger partial charge in [0, 0.05) is 36.8 Å². The van der Waals surface area contributed by atoms with Crippen LogP contribution >= 0.6 is 0 Å². The molecule has 1 spiro atoms. The molecule has 7 nitrogen and oxygen atoms in total. The van der Waals surface area contributed by atoms with Gasteiger partial charge < -0.3 is 20.5 Å². The van der Waals surface area contributed by atoms with E-state index in [1.165, 1.54) is 24.8 Å². The van der Waals surface area contributed by atoms with Gasteiger partial charge in [0.15, 0.2) is 0 Å². The van der Waals surface area contributed by atoms with Crippen molar-refractivity contribution < 1.29 is 4.79 Å². The Morgan fingerprint density at radius 1 is 1.21 bits per heavy atom. The van der Waals surface area contributed by atoms with E-state index in [1.807, 2.05) is 19.2 Å². The lowest BCUT2D eigenvalue weighted by Crippen LogP contribution is -2.52. The minimum atomic E-state index is -0.0436. The molecule has 2 aliphatic carbocycles. The van der Waals surface area contributed by atoms with Crippen molar-refractivity contribution in [2.45, 2.75) is 89.3 Å². The number of carbonyl (C=O) groups is 1. The van der Waals surface area contributed by atoms with Crippen LogP contribution in [0, 0.1) is 0 Å². The Kier molecular flexibility index (Phi) is 6.73. The van der Waals surface area contributed by atoms with Gasteiger partial charge in [0.25, 0.3) is 5.91 Å². The highest BCUT2D eigenvalue weighted by Gasteiger charge is 2.41. The molecule has 0 aromatic carbocycles. The molecule has 0 atom stereocenters. The Morgan fingerprint density at radius 2 is 1.97 bits per heavy atom. The number of nitrogens with one attached hydrogen (secondary N) is 3. The minimum Gasteiger partial charge on any atom is -0.351 e. The van der Waals surface area contributed by atoms with Crippen molar-refractivity contribution in [1.82, 2.24) is 25.2 Å². The van der Waals surface area contributed by atoms with Crippen LogP contribution in [0.5, 0.6) is 0 Å².